The van der Waals surface area contributed by atoms with E-state index >= 15 is 0 Å². The molecule has 1 aliphatic rings. The number of amidine groups is 1. The number of rotatable bonds is 3. The van der Waals surface area contributed by atoms with E-state index < -0.39 is 35.7 Å². The number of carbonyl (C=O) groups excluding carboxylic acids is 1. The SMILES string of the molecule is N=C(O/C(N)=N/C1N=C(c2ccccc2)c2ccccc2NC1=O)c1ccc(C(F)(F)F)cn1. The van der Waals surface area contributed by atoms with Crippen LogP contribution in [0.5, 0.6) is 0 Å². The van der Waals surface area contributed by atoms with Crippen molar-refractivity contribution in [1.29, 1.82) is 5.41 Å². The summed E-state index contributed by atoms with van der Waals surface area (Å²) in [7, 11) is 0. The van der Waals surface area contributed by atoms with Crippen LogP contribution in [0.15, 0.2) is 82.9 Å². The summed E-state index contributed by atoms with van der Waals surface area (Å²) in [5, 5.41) is 10.7. The molecule has 4 rings (SSSR count). The first-order valence-corrected chi connectivity index (χ1v) is 9.89. The number of fused-ring (bicyclic) bond motifs is 1. The van der Waals surface area contributed by atoms with Gasteiger partial charge in [-0.25, -0.2) is 4.99 Å². The van der Waals surface area contributed by atoms with E-state index in [0.29, 0.717) is 23.2 Å². The molecule has 1 amide bonds. The molecule has 8 nitrogen and oxygen atoms in total. The molecule has 3 aromatic rings. The number of ether oxygens (including phenoxy) is 1. The summed E-state index contributed by atoms with van der Waals surface area (Å²) in [6.07, 6.45) is -5.32. The Bertz CT molecular complexity index is 1290. The van der Waals surface area contributed by atoms with E-state index in [1.807, 2.05) is 36.4 Å². The van der Waals surface area contributed by atoms with E-state index in [4.69, 9.17) is 15.9 Å². The van der Waals surface area contributed by atoms with Crippen LogP contribution in [-0.4, -0.2) is 34.7 Å². The van der Waals surface area contributed by atoms with Crippen LogP contribution in [0.1, 0.15) is 22.4 Å². The highest BCUT2D eigenvalue weighted by molar-refractivity contribution is 6.19. The molecule has 172 valence electrons. The Morgan fingerprint density at radius 2 is 1.76 bits per heavy atom. The van der Waals surface area contributed by atoms with Gasteiger partial charge in [0.15, 0.2) is 0 Å². The van der Waals surface area contributed by atoms with E-state index in [0.717, 1.165) is 17.7 Å². The molecule has 0 saturated carbocycles. The molecule has 2 heterocycles. The summed E-state index contributed by atoms with van der Waals surface area (Å²) >= 11 is 0. The number of carbonyl (C=O) groups is 1. The number of aliphatic imine (C=N–C) groups is 2. The highest BCUT2D eigenvalue weighted by atomic mass is 19.4. The maximum Gasteiger partial charge on any atom is 0.417 e. The average molecular weight is 466 g/mol. The Balaban J connectivity index is 1.61. The van der Waals surface area contributed by atoms with Crippen LogP contribution >= 0.6 is 0 Å². The third-order valence-electron chi connectivity index (χ3n) is 4.75. The number of amides is 1. The van der Waals surface area contributed by atoms with E-state index in [-0.39, 0.29) is 5.69 Å². The van der Waals surface area contributed by atoms with Crippen LogP contribution in [0.3, 0.4) is 0 Å². The second-order valence-electron chi connectivity index (χ2n) is 7.08. The zero-order valence-corrected chi connectivity index (χ0v) is 17.4. The molecule has 0 bridgehead atoms. The molecule has 0 radical (unpaired) electrons. The Morgan fingerprint density at radius 3 is 2.44 bits per heavy atom. The van der Waals surface area contributed by atoms with Crippen molar-refractivity contribution in [2.24, 2.45) is 15.7 Å². The molecule has 0 aliphatic carbocycles. The first-order valence-electron chi connectivity index (χ1n) is 9.89. The predicted octanol–water partition coefficient (Wildman–Crippen LogP) is 3.57. The first-order chi connectivity index (χ1) is 16.2. The van der Waals surface area contributed by atoms with Crippen LogP contribution < -0.4 is 11.1 Å². The fourth-order valence-corrected chi connectivity index (χ4v) is 3.16. The number of benzodiazepines with no additional fused rings is 1. The van der Waals surface area contributed by atoms with Gasteiger partial charge >= 0.3 is 6.18 Å². The summed E-state index contributed by atoms with van der Waals surface area (Å²) < 4.78 is 43.2. The lowest BCUT2D eigenvalue weighted by Gasteiger charge is -2.10. The maximum absolute atomic E-state index is 12.8. The first kappa shape index (κ1) is 22.6. The number of aromatic nitrogens is 1. The van der Waals surface area contributed by atoms with Crippen molar-refractivity contribution in [3.05, 3.63) is 95.3 Å². The molecule has 11 heteroatoms. The summed E-state index contributed by atoms with van der Waals surface area (Å²) in [5.74, 6) is -1.22. The molecule has 1 unspecified atom stereocenters. The molecule has 1 aromatic heterocycles. The van der Waals surface area contributed by atoms with Gasteiger partial charge in [0.25, 0.3) is 11.9 Å². The predicted molar refractivity (Wildman–Crippen MR) is 120 cm³/mol. The van der Waals surface area contributed by atoms with Crippen molar-refractivity contribution >= 4 is 29.2 Å². The number of benzene rings is 2. The lowest BCUT2D eigenvalue weighted by Crippen LogP contribution is -2.29. The van der Waals surface area contributed by atoms with Gasteiger partial charge in [-0.05, 0) is 18.2 Å². The Hall–Kier alpha value is -4.54. The molecule has 0 saturated heterocycles. The number of nitrogens with two attached hydrogens (primary N) is 1. The number of hydrogen-bond donors (Lipinski definition) is 3. The van der Waals surface area contributed by atoms with Gasteiger partial charge in [-0.3, -0.25) is 15.2 Å². The Morgan fingerprint density at radius 1 is 1.06 bits per heavy atom. The van der Waals surface area contributed by atoms with Crippen molar-refractivity contribution in [3.8, 4) is 0 Å². The molecule has 1 atom stereocenters. The second-order valence-corrected chi connectivity index (χ2v) is 7.08. The summed E-state index contributed by atoms with van der Waals surface area (Å²) in [6, 6.07) is 17.4. The zero-order valence-electron chi connectivity index (χ0n) is 17.4. The van der Waals surface area contributed by atoms with Gasteiger partial charge in [0.1, 0.15) is 5.69 Å². The van der Waals surface area contributed by atoms with E-state index in [9.17, 15) is 18.0 Å². The Labute approximate surface area is 191 Å². The lowest BCUT2D eigenvalue weighted by atomic mass is 10.0. The van der Waals surface area contributed by atoms with Gasteiger partial charge < -0.3 is 15.8 Å². The van der Waals surface area contributed by atoms with Gasteiger partial charge in [0.05, 0.1) is 17.0 Å². The number of anilines is 1. The molecule has 2 aromatic carbocycles. The molecular formula is C23H17F3N6O2. The van der Waals surface area contributed by atoms with Crippen molar-refractivity contribution in [2.75, 3.05) is 5.32 Å². The van der Waals surface area contributed by atoms with Crippen LogP contribution in [0, 0.1) is 5.41 Å². The van der Waals surface area contributed by atoms with E-state index in [1.165, 1.54) is 0 Å². The number of para-hydroxylation sites is 1. The molecule has 0 spiro atoms. The zero-order chi connectivity index (χ0) is 24.3. The van der Waals surface area contributed by atoms with Gasteiger partial charge in [-0.2, -0.15) is 18.2 Å². The highest BCUT2D eigenvalue weighted by Gasteiger charge is 2.31. The molecule has 0 fully saturated rings. The topological polar surface area (TPSA) is 126 Å². The van der Waals surface area contributed by atoms with Crippen molar-refractivity contribution in [2.45, 2.75) is 12.3 Å². The van der Waals surface area contributed by atoms with Crippen LogP contribution in [-0.2, 0) is 15.7 Å². The number of alkyl halides is 3. The third kappa shape index (κ3) is 4.93. The van der Waals surface area contributed by atoms with Crippen LogP contribution in [0.2, 0.25) is 0 Å². The minimum atomic E-state index is -4.56. The highest BCUT2D eigenvalue weighted by Crippen LogP contribution is 2.28. The number of pyridine rings is 1. The van der Waals surface area contributed by atoms with Crippen molar-refractivity contribution < 1.29 is 22.7 Å². The summed E-state index contributed by atoms with van der Waals surface area (Å²) in [6.45, 7) is 0. The summed E-state index contributed by atoms with van der Waals surface area (Å²) in [5.41, 5.74) is 7.06. The number of hydrogen-bond acceptors (Lipinski definition) is 6. The van der Waals surface area contributed by atoms with Crippen molar-refractivity contribution in [1.82, 2.24) is 4.98 Å². The number of halogens is 3. The largest absolute Gasteiger partial charge is 0.417 e. The normalized spacial score (nSPS) is 16.1. The molecule has 1 aliphatic heterocycles. The number of nitrogens with zero attached hydrogens (tertiary/aromatic N) is 3. The van der Waals surface area contributed by atoms with Gasteiger partial charge in [0, 0.05) is 17.3 Å². The fourth-order valence-electron chi connectivity index (χ4n) is 3.16. The summed E-state index contributed by atoms with van der Waals surface area (Å²) in [4.78, 5) is 24.8. The average Bonchev–Trinajstić information content (AvgIpc) is 2.95. The third-order valence-corrected chi connectivity index (χ3v) is 4.75. The van der Waals surface area contributed by atoms with Crippen LogP contribution in [0.4, 0.5) is 18.9 Å². The smallest absolute Gasteiger partial charge is 0.405 e. The van der Waals surface area contributed by atoms with Crippen LogP contribution in [0.25, 0.3) is 0 Å². The fraction of sp³-hybridized carbons (Fsp3) is 0.0870. The Kier molecular flexibility index (Phi) is 6.09. The quantitative estimate of drug-likeness (QED) is 0.403. The van der Waals surface area contributed by atoms with E-state index in [2.05, 4.69) is 20.3 Å². The van der Waals surface area contributed by atoms with Crippen molar-refractivity contribution in [3.63, 3.8) is 0 Å². The molecular weight excluding hydrogens is 449 g/mol. The minimum Gasteiger partial charge on any atom is -0.405 e. The number of nitrogens with one attached hydrogen (secondary N) is 2. The van der Waals surface area contributed by atoms with E-state index in [1.54, 1.807) is 18.2 Å². The van der Waals surface area contributed by atoms with Gasteiger partial charge in [-0.15, -0.1) is 0 Å². The van der Waals surface area contributed by atoms with Gasteiger partial charge in [0.2, 0.25) is 12.1 Å². The van der Waals surface area contributed by atoms with Gasteiger partial charge in [-0.1, -0.05) is 48.5 Å². The monoisotopic (exact) mass is 466 g/mol. The standard InChI is InChI=1S/C23H17F3N6O2/c24-23(25,26)14-10-11-17(29-12-14)19(27)34-22(28)32-20-21(33)30-16-9-5-4-8-15(16)18(31-20)13-6-2-1-3-7-13/h1-12,20,27H,(H2,28,32)(H,30,33). The molecule has 4 N–H and O–H groups in total. The second kappa shape index (κ2) is 9.14. The molecule has 34 heavy (non-hydrogen) atoms. The minimum absolute atomic E-state index is 0.197. The maximum atomic E-state index is 12.8. The lowest BCUT2D eigenvalue weighted by molar-refractivity contribution is -0.137.